The van der Waals surface area contributed by atoms with Crippen LogP contribution in [0.2, 0.25) is 0 Å². The van der Waals surface area contributed by atoms with Crippen LogP contribution in [0, 0.1) is 17.8 Å². The Morgan fingerprint density at radius 1 is 1.17 bits per heavy atom. The highest BCUT2D eigenvalue weighted by Crippen LogP contribution is 2.38. The average molecular weight is 335 g/mol. The van der Waals surface area contributed by atoms with E-state index >= 15 is 0 Å². The highest BCUT2D eigenvalue weighted by atomic mass is 16.2. The number of amides is 4. The number of nitrogens with one attached hydrogen (secondary N) is 1. The molecule has 4 atom stereocenters. The summed E-state index contributed by atoms with van der Waals surface area (Å²) in [7, 11) is 0. The molecule has 4 amide bonds. The summed E-state index contributed by atoms with van der Waals surface area (Å²) >= 11 is 0. The van der Waals surface area contributed by atoms with Crippen LogP contribution in [0.15, 0.2) is 0 Å². The van der Waals surface area contributed by atoms with E-state index in [1.165, 1.54) is 0 Å². The van der Waals surface area contributed by atoms with E-state index in [1.54, 1.807) is 0 Å². The number of urea groups is 1. The third-order valence-electron chi connectivity index (χ3n) is 6.02. The molecule has 2 aliphatic heterocycles. The molecule has 2 heterocycles. The quantitative estimate of drug-likeness (QED) is 0.785. The molecule has 3 rings (SSSR count). The Bertz CT molecular complexity index is 540. The number of carbonyl (C=O) groups excluding carboxylic acids is 3. The van der Waals surface area contributed by atoms with Gasteiger partial charge in [-0.15, -0.1) is 0 Å². The van der Waals surface area contributed by atoms with Crippen LogP contribution in [-0.4, -0.2) is 52.8 Å². The minimum atomic E-state index is -0.780. The lowest BCUT2D eigenvalue weighted by Gasteiger charge is -2.37. The van der Waals surface area contributed by atoms with E-state index in [1.807, 2.05) is 11.8 Å². The average Bonchev–Trinajstić information content (AvgIpc) is 2.74. The summed E-state index contributed by atoms with van der Waals surface area (Å²) in [6.45, 7) is 7.61. The zero-order valence-corrected chi connectivity index (χ0v) is 15.0. The predicted molar refractivity (Wildman–Crippen MR) is 90.1 cm³/mol. The Labute approximate surface area is 143 Å². The second kappa shape index (κ2) is 6.37. The maximum absolute atomic E-state index is 12.9. The number of piperidine rings is 1. The maximum Gasteiger partial charge on any atom is 0.325 e. The second-order valence-electron chi connectivity index (χ2n) is 8.18. The molecule has 0 aromatic carbocycles. The molecule has 134 valence electrons. The van der Waals surface area contributed by atoms with Crippen molar-refractivity contribution >= 4 is 17.8 Å². The lowest BCUT2D eigenvalue weighted by atomic mass is 9.73. The monoisotopic (exact) mass is 335 g/mol. The number of likely N-dealkylation sites (tertiary alicyclic amines) is 1. The van der Waals surface area contributed by atoms with Crippen molar-refractivity contribution in [3.05, 3.63) is 0 Å². The lowest BCUT2D eigenvalue weighted by Crippen LogP contribution is -2.54. The summed E-state index contributed by atoms with van der Waals surface area (Å²) in [5.74, 6) is 0.734. The number of carbonyl (C=O) groups is 3. The van der Waals surface area contributed by atoms with E-state index in [-0.39, 0.29) is 24.3 Å². The highest BCUT2D eigenvalue weighted by Gasteiger charge is 2.55. The minimum Gasteiger partial charge on any atom is -0.341 e. The molecule has 2 saturated heterocycles. The molecule has 6 nitrogen and oxygen atoms in total. The van der Waals surface area contributed by atoms with Gasteiger partial charge in [-0.2, -0.15) is 0 Å². The number of hydrogen-bond acceptors (Lipinski definition) is 3. The maximum atomic E-state index is 12.9. The van der Waals surface area contributed by atoms with E-state index < -0.39 is 11.6 Å². The van der Waals surface area contributed by atoms with Gasteiger partial charge in [-0.3, -0.25) is 14.5 Å². The van der Waals surface area contributed by atoms with Gasteiger partial charge < -0.3 is 10.2 Å². The van der Waals surface area contributed by atoms with Crippen LogP contribution in [0.25, 0.3) is 0 Å². The van der Waals surface area contributed by atoms with Crippen molar-refractivity contribution in [2.45, 2.75) is 58.4 Å². The van der Waals surface area contributed by atoms with Gasteiger partial charge in [0.25, 0.3) is 5.91 Å². The fraction of sp³-hybridized carbons (Fsp3) is 0.833. The van der Waals surface area contributed by atoms with Gasteiger partial charge in [-0.1, -0.05) is 33.6 Å². The van der Waals surface area contributed by atoms with Gasteiger partial charge >= 0.3 is 6.03 Å². The highest BCUT2D eigenvalue weighted by molar-refractivity contribution is 6.09. The minimum absolute atomic E-state index is 0.114. The first-order valence-electron chi connectivity index (χ1n) is 9.25. The van der Waals surface area contributed by atoms with Crippen LogP contribution >= 0.6 is 0 Å². The molecule has 1 saturated carbocycles. The van der Waals surface area contributed by atoms with Gasteiger partial charge in [-0.05, 0) is 37.0 Å². The van der Waals surface area contributed by atoms with E-state index in [2.05, 4.69) is 19.2 Å². The van der Waals surface area contributed by atoms with Crippen molar-refractivity contribution in [1.29, 1.82) is 0 Å². The first-order valence-corrected chi connectivity index (χ1v) is 9.25. The fourth-order valence-corrected chi connectivity index (χ4v) is 4.74. The molecule has 0 radical (unpaired) electrons. The largest absolute Gasteiger partial charge is 0.341 e. The van der Waals surface area contributed by atoms with Gasteiger partial charge in [0.1, 0.15) is 12.1 Å². The topological polar surface area (TPSA) is 69.7 Å². The fourth-order valence-electron chi connectivity index (χ4n) is 4.74. The molecule has 0 aromatic rings. The summed E-state index contributed by atoms with van der Waals surface area (Å²) in [4.78, 5) is 40.9. The Hall–Kier alpha value is -1.59. The predicted octanol–water partition coefficient (Wildman–Crippen LogP) is 1.99. The van der Waals surface area contributed by atoms with Crippen molar-refractivity contribution in [3.63, 3.8) is 0 Å². The molecular weight excluding hydrogens is 306 g/mol. The molecule has 24 heavy (non-hydrogen) atoms. The van der Waals surface area contributed by atoms with E-state index in [0.717, 1.165) is 30.6 Å². The van der Waals surface area contributed by atoms with Gasteiger partial charge in [0.15, 0.2) is 0 Å². The van der Waals surface area contributed by atoms with Crippen molar-refractivity contribution in [2.24, 2.45) is 17.8 Å². The van der Waals surface area contributed by atoms with Crippen molar-refractivity contribution in [1.82, 2.24) is 15.1 Å². The number of nitrogens with zero attached hydrogens (tertiary/aromatic N) is 2. The molecule has 0 aromatic heterocycles. The van der Waals surface area contributed by atoms with Crippen LogP contribution in [0.3, 0.4) is 0 Å². The SMILES string of the molecule is CC1CC(C)CN(C(=O)CN2C(=O)NC3(CCCCC3C)C2=O)C1. The van der Waals surface area contributed by atoms with Crippen molar-refractivity contribution in [2.75, 3.05) is 19.6 Å². The van der Waals surface area contributed by atoms with Crippen LogP contribution in [0.1, 0.15) is 52.9 Å². The molecule has 1 N–H and O–H groups in total. The smallest absolute Gasteiger partial charge is 0.325 e. The Kier molecular flexibility index (Phi) is 4.58. The van der Waals surface area contributed by atoms with Crippen LogP contribution in [-0.2, 0) is 9.59 Å². The second-order valence-corrected chi connectivity index (χ2v) is 8.18. The molecule has 1 spiro atoms. The zero-order chi connectivity index (χ0) is 17.5. The number of imide groups is 1. The normalized spacial score (nSPS) is 37.0. The molecule has 3 fully saturated rings. The van der Waals surface area contributed by atoms with Gasteiger partial charge in [0, 0.05) is 13.1 Å². The van der Waals surface area contributed by atoms with Gasteiger partial charge in [-0.25, -0.2) is 4.79 Å². The standard InChI is InChI=1S/C18H29N3O3/c1-12-8-13(2)10-20(9-12)15(22)11-21-16(23)18(19-17(21)24)7-5-4-6-14(18)3/h12-14H,4-11H2,1-3H3,(H,19,24). The lowest BCUT2D eigenvalue weighted by molar-refractivity contribution is -0.141. The van der Waals surface area contributed by atoms with E-state index in [0.29, 0.717) is 31.3 Å². The Morgan fingerprint density at radius 2 is 1.83 bits per heavy atom. The van der Waals surface area contributed by atoms with Crippen LogP contribution in [0.5, 0.6) is 0 Å². The van der Waals surface area contributed by atoms with E-state index in [9.17, 15) is 14.4 Å². The first-order chi connectivity index (χ1) is 11.3. The third kappa shape index (κ3) is 2.91. The van der Waals surface area contributed by atoms with E-state index in [4.69, 9.17) is 0 Å². The summed E-state index contributed by atoms with van der Waals surface area (Å²) in [6, 6.07) is -0.403. The molecule has 6 heteroatoms. The summed E-state index contributed by atoms with van der Waals surface area (Å²) < 4.78 is 0. The van der Waals surface area contributed by atoms with Gasteiger partial charge in [0.2, 0.25) is 5.91 Å². The number of hydrogen-bond donors (Lipinski definition) is 1. The van der Waals surface area contributed by atoms with Crippen molar-refractivity contribution < 1.29 is 14.4 Å². The molecular formula is C18H29N3O3. The first kappa shape index (κ1) is 17.2. The Balaban J connectivity index is 1.70. The van der Waals surface area contributed by atoms with Crippen LogP contribution < -0.4 is 5.32 Å². The molecule has 3 aliphatic rings. The van der Waals surface area contributed by atoms with Gasteiger partial charge in [0.05, 0.1) is 0 Å². The summed E-state index contributed by atoms with van der Waals surface area (Å²) in [5.41, 5.74) is -0.780. The molecule has 0 bridgehead atoms. The number of rotatable bonds is 2. The summed E-state index contributed by atoms with van der Waals surface area (Å²) in [5, 5.41) is 2.91. The van der Waals surface area contributed by atoms with Crippen LogP contribution in [0.4, 0.5) is 4.79 Å². The van der Waals surface area contributed by atoms with Crippen molar-refractivity contribution in [3.8, 4) is 0 Å². The molecule has 1 aliphatic carbocycles. The molecule has 4 unspecified atom stereocenters. The Morgan fingerprint density at radius 3 is 2.46 bits per heavy atom. The third-order valence-corrected chi connectivity index (χ3v) is 6.02. The summed E-state index contributed by atoms with van der Waals surface area (Å²) in [6.07, 6.45) is 4.78. The zero-order valence-electron chi connectivity index (χ0n) is 15.0.